The number of carboxylic acids is 1. The van der Waals surface area contributed by atoms with Crippen molar-refractivity contribution >= 4 is 21.9 Å². The molecule has 1 heterocycles. The van der Waals surface area contributed by atoms with Crippen LogP contribution in [-0.2, 0) is 16.1 Å². The Morgan fingerprint density at radius 1 is 1.42 bits per heavy atom. The third kappa shape index (κ3) is 3.62. The molecule has 0 radical (unpaired) electrons. The number of aromatic nitrogens is 2. The molecule has 0 spiro atoms. The Balaban J connectivity index is 2.03. The number of ether oxygens (including phenoxy) is 1. The lowest BCUT2D eigenvalue weighted by molar-refractivity contribution is -0.150. The van der Waals surface area contributed by atoms with Gasteiger partial charge in [0, 0.05) is 10.0 Å². The quantitative estimate of drug-likeness (QED) is 0.908. The van der Waals surface area contributed by atoms with Crippen molar-refractivity contribution in [2.45, 2.75) is 19.6 Å². The highest BCUT2D eigenvalue weighted by molar-refractivity contribution is 9.10. The molecule has 0 amide bonds. The van der Waals surface area contributed by atoms with E-state index in [1.54, 1.807) is 0 Å². The topological polar surface area (TPSA) is 85.5 Å². The van der Waals surface area contributed by atoms with E-state index in [0.29, 0.717) is 5.89 Å². The summed E-state index contributed by atoms with van der Waals surface area (Å²) in [7, 11) is 0. The molecule has 6 nitrogen and oxygen atoms in total. The Hall–Kier alpha value is -1.73. The van der Waals surface area contributed by atoms with E-state index in [-0.39, 0.29) is 12.5 Å². The van der Waals surface area contributed by atoms with E-state index in [1.165, 1.54) is 6.92 Å². The number of halogens is 1. The maximum Gasteiger partial charge on any atom is 0.332 e. The van der Waals surface area contributed by atoms with Crippen molar-refractivity contribution in [3.63, 3.8) is 0 Å². The Kier molecular flexibility index (Phi) is 4.28. The van der Waals surface area contributed by atoms with Crippen molar-refractivity contribution < 1.29 is 19.1 Å². The summed E-state index contributed by atoms with van der Waals surface area (Å²) in [6.07, 6.45) is -0.914. The fourth-order valence-electron chi connectivity index (χ4n) is 1.29. The number of rotatable bonds is 5. The molecule has 0 aliphatic rings. The first-order valence-corrected chi connectivity index (χ1v) is 6.28. The molecule has 19 heavy (non-hydrogen) atoms. The normalized spacial score (nSPS) is 12.3. The number of benzene rings is 1. The lowest BCUT2D eigenvalue weighted by Gasteiger charge is -2.04. The van der Waals surface area contributed by atoms with Crippen LogP contribution in [0.1, 0.15) is 12.8 Å². The molecular weight excluding hydrogens is 316 g/mol. The molecule has 100 valence electrons. The predicted octanol–water partition coefficient (Wildman–Crippen LogP) is 2.49. The largest absolute Gasteiger partial charge is 0.479 e. The Labute approximate surface area is 117 Å². The second-order valence-corrected chi connectivity index (χ2v) is 4.71. The summed E-state index contributed by atoms with van der Waals surface area (Å²) in [5.74, 6) is -0.423. The van der Waals surface area contributed by atoms with Crippen LogP contribution < -0.4 is 0 Å². The molecule has 0 fully saturated rings. The van der Waals surface area contributed by atoms with E-state index < -0.39 is 12.1 Å². The Morgan fingerprint density at radius 2 is 2.11 bits per heavy atom. The zero-order chi connectivity index (χ0) is 13.8. The van der Waals surface area contributed by atoms with Gasteiger partial charge in [0.15, 0.2) is 6.10 Å². The molecule has 0 aliphatic heterocycles. The van der Waals surface area contributed by atoms with E-state index in [4.69, 9.17) is 14.3 Å². The van der Waals surface area contributed by atoms with Gasteiger partial charge in [-0.15, -0.1) is 10.2 Å². The maximum atomic E-state index is 10.6. The van der Waals surface area contributed by atoms with Gasteiger partial charge in [-0.2, -0.15) is 0 Å². The zero-order valence-electron chi connectivity index (χ0n) is 10.0. The molecule has 1 aromatic heterocycles. The van der Waals surface area contributed by atoms with Gasteiger partial charge < -0.3 is 14.3 Å². The minimum Gasteiger partial charge on any atom is -0.479 e. The van der Waals surface area contributed by atoms with Crippen LogP contribution in [0.25, 0.3) is 11.5 Å². The minimum atomic E-state index is -1.03. The molecule has 2 rings (SSSR count). The van der Waals surface area contributed by atoms with Crippen molar-refractivity contribution in [2.75, 3.05) is 0 Å². The summed E-state index contributed by atoms with van der Waals surface area (Å²) < 4.78 is 11.4. The summed E-state index contributed by atoms with van der Waals surface area (Å²) in [6, 6.07) is 7.40. The highest BCUT2D eigenvalue weighted by Crippen LogP contribution is 2.20. The fourth-order valence-corrected chi connectivity index (χ4v) is 1.55. The van der Waals surface area contributed by atoms with Gasteiger partial charge in [0.2, 0.25) is 11.8 Å². The summed E-state index contributed by atoms with van der Waals surface area (Å²) in [4.78, 5) is 10.6. The molecule has 2 aromatic rings. The number of hydrogen-bond acceptors (Lipinski definition) is 5. The fraction of sp³-hybridized carbons (Fsp3) is 0.250. The highest BCUT2D eigenvalue weighted by atomic mass is 79.9. The second kappa shape index (κ2) is 5.94. The lowest BCUT2D eigenvalue weighted by atomic mass is 10.2. The highest BCUT2D eigenvalue weighted by Gasteiger charge is 2.14. The van der Waals surface area contributed by atoms with Crippen LogP contribution in [0.15, 0.2) is 33.2 Å². The van der Waals surface area contributed by atoms with Crippen LogP contribution in [0.3, 0.4) is 0 Å². The summed E-state index contributed by atoms with van der Waals surface area (Å²) in [6.45, 7) is 1.41. The van der Waals surface area contributed by atoms with Crippen molar-refractivity contribution in [1.82, 2.24) is 10.2 Å². The monoisotopic (exact) mass is 326 g/mol. The van der Waals surface area contributed by atoms with Crippen LogP contribution in [0.5, 0.6) is 0 Å². The van der Waals surface area contributed by atoms with Crippen molar-refractivity contribution in [2.24, 2.45) is 0 Å². The van der Waals surface area contributed by atoms with E-state index >= 15 is 0 Å². The SMILES string of the molecule is C[C@@H](OCc1nnc(-c2ccc(Br)cc2)o1)C(=O)O. The Bertz CT molecular complexity index is 567. The number of carbonyl (C=O) groups is 1. The van der Waals surface area contributed by atoms with Crippen LogP contribution in [0.4, 0.5) is 0 Å². The van der Waals surface area contributed by atoms with Gasteiger partial charge in [-0.05, 0) is 31.2 Å². The second-order valence-electron chi connectivity index (χ2n) is 3.80. The molecule has 0 bridgehead atoms. The van der Waals surface area contributed by atoms with Gasteiger partial charge in [0.05, 0.1) is 0 Å². The predicted molar refractivity (Wildman–Crippen MR) is 69.3 cm³/mol. The smallest absolute Gasteiger partial charge is 0.332 e. The number of carboxylic acid groups (broad SMARTS) is 1. The summed E-state index contributed by atoms with van der Waals surface area (Å²) >= 11 is 3.34. The third-order valence-electron chi connectivity index (χ3n) is 2.36. The van der Waals surface area contributed by atoms with Crippen molar-refractivity contribution in [3.8, 4) is 11.5 Å². The molecule has 7 heteroatoms. The number of aliphatic carboxylic acids is 1. The molecule has 0 saturated carbocycles. The van der Waals surface area contributed by atoms with Gasteiger partial charge in [0.25, 0.3) is 0 Å². The van der Waals surface area contributed by atoms with Crippen LogP contribution in [-0.4, -0.2) is 27.4 Å². The third-order valence-corrected chi connectivity index (χ3v) is 2.89. The lowest BCUT2D eigenvalue weighted by Crippen LogP contribution is -2.19. The van der Waals surface area contributed by atoms with Crippen LogP contribution in [0, 0.1) is 0 Å². The van der Waals surface area contributed by atoms with E-state index in [1.807, 2.05) is 24.3 Å². The molecule has 0 aliphatic carbocycles. The molecule has 0 saturated heterocycles. The summed E-state index contributed by atoms with van der Waals surface area (Å²) in [5.41, 5.74) is 0.785. The van der Waals surface area contributed by atoms with Gasteiger partial charge in [-0.1, -0.05) is 15.9 Å². The summed E-state index contributed by atoms with van der Waals surface area (Å²) in [5, 5.41) is 16.4. The standard InChI is InChI=1S/C12H11BrN2O4/c1-7(12(16)17)18-6-10-14-15-11(19-10)8-2-4-9(13)5-3-8/h2-5,7H,6H2,1H3,(H,16,17)/t7-/m1/s1. The molecule has 0 unspecified atom stereocenters. The first-order valence-electron chi connectivity index (χ1n) is 5.49. The van der Waals surface area contributed by atoms with Crippen molar-refractivity contribution in [1.29, 1.82) is 0 Å². The number of hydrogen-bond donors (Lipinski definition) is 1. The first kappa shape index (κ1) is 13.7. The minimum absolute atomic E-state index is 0.0308. The van der Waals surface area contributed by atoms with Crippen LogP contribution in [0.2, 0.25) is 0 Å². The van der Waals surface area contributed by atoms with Crippen LogP contribution >= 0.6 is 15.9 Å². The first-order chi connectivity index (χ1) is 9.06. The average Bonchev–Trinajstić information content (AvgIpc) is 2.85. The van der Waals surface area contributed by atoms with Gasteiger partial charge in [-0.3, -0.25) is 0 Å². The van der Waals surface area contributed by atoms with E-state index in [0.717, 1.165) is 10.0 Å². The van der Waals surface area contributed by atoms with Gasteiger partial charge in [-0.25, -0.2) is 4.79 Å². The maximum absolute atomic E-state index is 10.6. The van der Waals surface area contributed by atoms with Crippen molar-refractivity contribution in [3.05, 3.63) is 34.6 Å². The number of nitrogens with zero attached hydrogens (tertiary/aromatic N) is 2. The average molecular weight is 327 g/mol. The zero-order valence-corrected chi connectivity index (χ0v) is 11.6. The van der Waals surface area contributed by atoms with Gasteiger partial charge in [0.1, 0.15) is 6.61 Å². The molecular formula is C12H11BrN2O4. The van der Waals surface area contributed by atoms with E-state index in [2.05, 4.69) is 26.1 Å². The molecule has 1 aromatic carbocycles. The molecule has 1 atom stereocenters. The van der Waals surface area contributed by atoms with E-state index in [9.17, 15) is 4.79 Å². The van der Waals surface area contributed by atoms with Gasteiger partial charge >= 0.3 is 5.97 Å². The molecule has 1 N–H and O–H groups in total. The Morgan fingerprint density at radius 3 is 2.74 bits per heavy atom.